The van der Waals surface area contributed by atoms with Gasteiger partial charge in [-0.25, -0.2) is 8.42 Å². The first-order valence-corrected chi connectivity index (χ1v) is 8.41. The fourth-order valence-electron chi connectivity index (χ4n) is 2.08. The molecule has 2 unspecified atom stereocenters. The third-order valence-corrected chi connectivity index (χ3v) is 5.06. The third kappa shape index (κ3) is 6.38. The molecule has 4 nitrogen and oxygen atoms in total. The molecule has 5 heteroatoms. The Hall–Kier alpha value is -0.130. The van der Waals surface area contributed by atoms with Gasteiger partial charge < -0.3 is 10.1 Å². The number of nitrogens with one attached hydrogen (secondary N) is 1. The summed E-state index contributed by atoms with van der Waals surface area (Å²) in [5.74, 6) is 0.458. The lowest BCUT2D eigenvalue weighted by atomic mass is 10.1. The zero-order valence-corrected chi connectivity index (χ0v) is 11.8. The van der Waals surface area contributed by atoms with E-state index >= 15 is 0 Å². The molecule has 1 rings (SSSR count). The molecule has 1 aliphatic rings. The minimum absolute atomic E-state index is 0.0311. The first-order chi connectivity index (χ1) is 8.03. The molecule has 1 aliphatic heterocycles. The highest BCUT2D eigenvalue weighted by Crippen LogP contribution is 2.14. The maximum atomic E-state index is 11.4. The number of hydrogen-bond donors (Lipinski definition) is 1. The Morgan fingerprint density at radius 3 is 2.76 bits per heavy atom. The van der Waals surface area contributed by atoms with E-state index in [4.69, 9.17) is 4.74 Å². The summed E-state index contributed by atoms with van der Waals surface area (Å²) >= 11 is 0. The largest absolute Gasteiger partial charge is 0.378 e. The molecular weight excluding hydrogens is 238 g/mol. The van der Waals surface area contributed by atoms with Gasteiger partial charge >= 0.3 is 0 Å². The van der Waals surface area contributed by atoms with Gasteiger partial charge in [-0.05, 0) is 39.2 Å². The number of sulfone groups is 1. The van der Waals surface area contributed by atoms with Gasteiger partial charge in [-0.3, -0.25) is 0 Å². The second-order valence-electron chi connectivity index (χ2n) is 4.83. The van der Waals surface area contributed by atoms with Crippen molar-refractivity contribution in [3.63, 3.8) is 0 Å². The van der Waals surface area contributed by atoms with E-state index in [1.807, 2.05) is 6.92 Å². The van der Waals surface area contributed by atoms with Gasteiger partial charge in [0.25, 0.3) is 0 Å². The van der Waals surface area contributed by atoms with Crippen molar-refractivity contribution in [2.24, 2.45) is 0 Å². The van der Waals surface area contributed by atoms with Crippen LogP contribution in [0.5, 0.6) is 0 Å². The predicted octanol–water partition coefficient (Wildman–Crippen LogP) is 1.36. The van der Waals surface area contributed by atoms with Crippen LogP contribution in [-0.2, 0) is 14.6 Å². The van der Waals surface area contributed by atoms with E-state index < -0.39 is 9.84 Å². The van der Waals surface area contributed by atoms with Gasteiger partial charge in [0.1, 0.15) is 0 Å². The van der Waals surface area contributed by atoms with Gasteiger partial charge in [-0.2, -0.15) is 0 Å². The van der Waals surface area contributed by atoms with E-state index in [1.165, 1.54) is 12.8 Å². The summed E-state index contributed by atoms with van der Waals surface area (Å²) in [7, 11) is -2.87. The molecule has 1 fully saturated rings. The van der Waals surface area contributed by atoms with Crippen LogP contribution in [0.1, 0.15) is 39.5 Å². The first kappa shape index (κ1) is 14.9. The van der Waals surface area contributed by atoms with E-state index in [1.54, 1.807) is 6.92 Å². The summed E-state index contributed by atoms with van der Waals surface area (Å²) in [6.07, 6.45) is 4.92. The average molecular weight is 263 g/mol. The van der Waals surface area contributed by atoms with Crippen LogP contribution in [0.4, 0.5) is 0 Å². The standard InChI is InChI=1S/C12H25NO3S/c1-3-17(14,15)10-11(2)13-8-7-12-6-4-5-9-16-12/h11-13H,3-10H2,1-2H3. The normalized spacial score (nSPS) is 23.5. The third-order valence-electron chi connectivity index (χ3n) is 3.18. The molecule has 2 atom stereocenters. The summed E-state index contributed by atoms with van der Waals surface area (Å²) in [6.45, 7) is 5.34. The summed E-state index contributed by atoms with van der Waals surface area (Å²) in [4.78, 5) is 0. The summed E-state index contributed by atoms with van der Waals surface area (Å²) in [5, 5.41) is 3.26. The zero-order chi connectivity index (χ0) is 12.7. The Bertz CT molecular complexity index is 297. The van der Waals surface area contributed by atoms with Crippen LogP contribution in [0, 0.1) is 0 Å². The van der Waals surface area contributed by atoms with Gasteiger partial charge in [0, 0.05) is 18.4 Å². The highest BCUT2D eigenvalue weighted by atomic mass is 32.2. The van der Waals surface area contributed by atoms with Crippen molar-refractivity contribution >= 4 is 9.84 Å². The predicted molar refractivity (Wildman–Crippen MR) is 70.0 cm³/mol. The monoisotopic (exact) mass is 263 g/mol. The number of rotatable bonds is 7. The maximum absolute atomic E-state index is 11.4. The van der Waals surface area contributed by atoms with Crippen LogP contribution in [-0.4, -0.2) is 45.2 Å². The fraction of sp³-hybridized carbons (Fsp3) is 1.00. The van der Waals surface area contributed by atoms with Crippen LogP contribution < -0.4 is 5.32 Å². The Morgan fingerprint density at radius 1 is 1.41 bits per heavy atom. The molecule has 1 heterocycles. The number of ether oxygens (including phenoxy) is 1. The minimum atomic E-state index is -2.87. The SMILES string of the molecule is CCS(=O)(=O)CC(C)NCCC1CCCCO1. The van der Waals surface area contributed by atoms with Crippen LogP contribution in [0.15, 0.2) is 0 Å². The summed E-state index contributed by atoms with van der Waals surface area (Å²) < 4.78 is 28.4. The highest BCUT2D eigenvalue weighted by Gasteiger charge is 2.15. The number of hydrogen-bond acceptors (Lipinski definition) is 4. The molecule has 1 saturated heterocycles. The molecule has 0 aromatic carbocycles. The first-order valence-electron chi connectivity index (χ1n) is 6.59. The van der Waals surface area contributed by atoms with Gasteiger partial charge in [0.05, 0.1) is 11.9 Å². The lowest BCUT2D eigenvalue weighted by molar-refractivity contribution is 0.0113. The Balaban J connectivity index is 2.13. The molecule has 0 bridgehead atoms. The van der Waals surface area contributed by atoms with Crippen molar-refractivity contribution in [3.8, 4) is 0 Å². The van der Waals surface area contributed by atoms with Crippen LogP contribution in [0.25, 0.3) is 0 Å². The summed E-state index contributed by atoms with van der Waals surface area (Å²) in [5.41, 5.74) is 0. The summed E-state index contributed by atoms with van der Waals surface area (Å²) in [6, 6.07) is 0.0311. The van der Waals surface area contributed by atoms with Crippen molar-refractivity contribution in [1.82, 2.24) is 5.32 Å². The quantitative estimate of drug-likeness (QED) is 0.753. The van der Waals surface area contributed by atoms with Crippen molar-refractivity contribution in [1.29, 1.82) is 0 Å². The molecule has 1 N–H and O–H groups in total. The minimum Gasteiger partial charge on any atom is -0.378 e. The van der Waals surface area contributed by atoms with E-state index in [0.717, 1.165) is 26.0 Å². The lowest BCUT2D eigenvalue weighted by Gasteiger charge is -2.23. The van der Waals surface area contributed by atoms with E-state index in [9.17, 15) is 8.42 Å². The van der Waals surface area contributed by atoms with Crippen molar-refractivity contribution in [2.45, 2.75) is 51.7 Å². The molecule has 0 saturated carbocycles. The lowest BCUT2D eigenvalue weighted by Crippen LogP contribution is -2.36. The van der Waals surface area contributed by atoms with Crippen LogP contribution in [0.2, 0.25) is 0 Å². The average Bonchev–Trinajstić information content (AvgIpc) is 2.30. The molecule has 0 aliphatic carbocycles. The molecule has 0 spiro atoms. The van der Waals surface area contributed by atoms with Crippen LogP contribution >= 0.6 is 0 Å². The molecular formula is C12H25NO3S. The Morgan fingerprint density at radius 2 is 2.18 bits per heavy atom. The molecule has 0 radical (unpaired) electrons. The fourth-order valence-corrected chi connectivity index (χ4v) is 3.20. The van der Waals surface area contributed by atoms with Crippen molar-refractivity contribution < 1.29 is 13.2 Å². The zero-order valence-electron chi connectivity index (χ0n) is 10.9. The van der Waals surface area contributed by atoms with Crippen molar-refractivity contribution in [3.05, 3.63) is 0 Å². The molecule has 0 aromatic heterocycles. The molecule has 0 amide bonds. The Kier molecular flexibility index (Phi) is 6.44. The molecule has 102 valence electrons. The topological polar surface area (TPSA) is 55.4 Å². The second kappa shape index (κ2) is 7.34. The van der Waals surface area contributed by atoms with E-state index in [-0.39, 0.29) is 17.5 Å². The van der Waals surface area contributed by atoms with E-state index in [0.29, 0.717) is 6.10 Å². The van der Waals surface area contributed by atoms with Crippen molar-refractivity contribution in [2.75, 3.05) is 24.7 Å². The second-order valence-corrected chi connectivity index (χ2v) is 7.23. The smallest absolute Gasteiger partial charge is 0.151 e. The highest BCUT2D eigenvalue weighted by molar-refractivity contribution is 7.91. The maximum Gasteiger partial charge on any atom is 0.151 e. The van der Waals surface area contributed by atoms with Gasteiger partial charge in [-0.1, -0.05) is 6.92 Å². The molecule has 0 aromatic rings. The molecule has 17 heavy (non-hydrogen) atoms. The Labute approximate surface area is 105 Å². The van der Waals surface area contributed by atoms with Gasteiger partial charge in [0.15, 0.2) is 9.84 Å². The van der Waals surface area contributed by atoms with Gasteiger partial charge in [0.2, 0.25) is 0 Å². The van der Waals surface area contributed by atoms with E-state index in [2.05, 4.69) is 5.32 Å². The van der Waals surface area contributed by atoms with Crippen LogP contribution in [0.3, 0.4) is 0 Å². The van der Waals surface area contributed by atoms with Gasteiger partial charge in [-0.15, -0.1) is 0 Å².